The van der Waals surface area contributed by atoms with E-state index < -0.39 is 28.5 Å². The highest BCUT2D eigenvalue weighted by atomic mass is 32.2. The molecule has 1 amide bonds. The Morgan fingerprint density at radius 3 is 2.52 bits per heavy atom. The molecule has 0 aliphatic carbocycles. The number of para-hydroxylation sites is 1. The normalized spacial score (nSPS) is 11.2. The lowest BCUT2D eigenvalue weighted by atomic mass is 10.2. The number of amides is 1. The summed E-state index contributed by atoms with van der Waals surface area (Å²) >= 11 is 0. The Morgan fingerprint density at radius 1 is 1.19 bits per heavy atom. The molecular formula is C17H21N3O6S. The Balaban J connectivity index is 1.76. The maximum absolute atomic E-state index is 12.2. The third-order valence-corrected chi connectivity index (χ3v) is 5.35. The zero-order chi connectivity index (χ0) is 20.0. The van der Waals surface area contributed by atoms with E-state index >= 15 is 0 Å². The third-order valence-electron chi connectivity index (χ3n) is 3.64. The topological polar surface area (TPSA) is 128 Å². The number of hydrogen-bond donors (Lipinski definition) is 2. The number of carbonyl (C=O) groups excluding carboxylic acids is 2. The molecule has 0 spiro atoms. The minimum atomic E-state index is -3.84. The van der Waals surface area contributed by atoms with Crippen molar-refractivity contribution >= 4 is 27.6 Å². The van der Waals surface area contributed by atoms with Crippen LogP contribution in [-0.2, 0) is 24.3 Å². The van der Waals surface area contributed by atoms with Gasteiger partial charge in [0.05, 0.1) is 6.42 Å². The van der Waals surface area contributed by atoms with E-state index in [2.05, 4.69) is 15.2 Å². The van der Waals surface area contributed by atoms with Crippen LogP contribution in [0.1, 0.15) is 23.4 Å². The van der Waals surface area contributed by atoms with Crippen molar-refractivity contribution in [2.45, 2.75) is 32.1 Å². The first kappa shape index (κ1) is 20.6. The quantitative estimate of drug-likeness (QED) is 0.648. The van der Waals surface area contributed by atoms with Crippen molar-refractivity contribution in [2.24, 2.45) is 0 Å². The van der Waals surface area contributed by atoms with Gasteiger partial charge in [0.1, 0.15) is 10.6 Å². The van der Waals surface area contributed by atoms with Crippen LogP contribution in [0.2, 0.25) is 0 Å². The van der Waals surface area contributed by atoms with Gasteiger partial charge in [-0.25, -0.2) is 13.1 Å². The van der Waals surface area contributed by atoms with E-state index in [1.165, 1.54) is 13.8 Å². The molecule has 2 rings (SSSR count). The molecule has 0 atom stereocenters. The van der Waals surface area contributed by atoms with Crippen molar-refractivity contribution in [1.29, 1.82) is 0 Å². The van der Waals surface area contributed by atoms with E-state index in [4.69, 9.17) is 9.26 Å². The van der Waals surface area contributed by atoms with Gasteiger partial charge >= 0.3 is 5.97 Å². The molecule has 1 heterocycles. The van der Waals surface area contributed by atoms with Crippen molar-refractivity contribution in [3.05, 3.63) is 41.3 Å². The highest BCUT2D eigenvalue weighted by Gasteiger charge is 2.24. The zero-order valence-corrected chi connectivity index (χ0v) is 16.1. The largest absolute Gasteiger partial charge is 0.456 e. The highest BCUT2D eigenvalue weighted by Crippen LogP contribution is 2.18. The minimum absolute atomic E-state index is 0.0477. The summed E-state index contributed by atoms with van der Waals surface area (Å²) in [6, 6.07) is 7.19. The maximum Gasteiger partial charge on any atom is 0.307 e. The van der Waals surface area contributed by atoms with E-state index in [9.17, 15) is 18.0 Å². The molecule has 0 fully saturated rings. The predicted octanol–water partition coefficient (Wildman–Crippen LogP) is 1.45. The smallest absolute Gasteiger partial charge is 0.307 e. The van der Waals surface area contributed by atoms with Crippen LogP contribution in [0.5, 0.6) is 0 Å². The summed E-state index contributed by atoms with van der Waals surface area (Å²) in [6.07, 6.45) is -0.222. The molecule has 0 bridgehead atoms. The fourth-order valence-corrected chi connectivity index (χ4v) is 3.69. The van der Waals surface area contributed by atoms with Crippen molar-refractivity contribution in [3.63, 3.8) is 0 Å². The monoisotopic (exact) mass is 395 g/mol. The SMILES string of the molecule is Cc1ccccc1NC(=O)COC(=O)CCNS(=O)(=O)c1c(C)noc1C. The van der Waals surface area contributed by atoms with E-state index in [1.54, 1.807) is 12.1 Å². The molecule has 9 nitrogen and oxygen atoms in total. The number of nitrogens with zero attached hydrogens (tertiary/aromatic N) is 1. The van der Waals surface area contributed by atoms with Gasteiger partial charge in [0.2, 0.25) is 10.0 Å². The van der Waals surface area contributed by atoms with Crippen LogP contribution < -0.4 is 10.0 Å². The van der Waals surface area contributed by atoms with Crippen molar-refractivity contribution in [2.75, 3.05) is 18.5 Å². The molecule has 0 aliphatic rings. The summed E-state index contributed by atoms with van der Waals surface area (Å²) in [5.74, 6) is -1.01. The Kier molecular flexibility index (Phi) is 6.70. The Bertz CT molecular complexity index is 916. The lowest BCUT2D eigenvalue weighted by molar-refractivity contribution is -0.147. The molecule has 0 saturated heterocycles. The third kappa shape index (κ3) is 5.63. The molecule has 0 radical (unpaired) electrons. The number of benzene rings is 1. The second-order valence-electron chi connectivity index (χ2n) is 5.82. The fourth-order valence-electron chi connectivity index (χ4n) is 2.34. The number of hydrogen-bond acceptors (Lipinski definition) is 7. The molecule has 0 unspecified atom stereocenters. The van der Waals surface area contributed by atoms with Gasteiger partial charge in [-0.2, -0.15) is 0 Å². The summed E-state index contributed by atoms with van der Waals surface area (Å²) in [5.41, 5.74) is 1.74. The average molecular weight is 395 g/mol. The van der Waals surface area contributed by atoms with Crippen LogP contribution in [0.25, 0.3) is 0 Å². The van der Waals surface area contributed by atoms with Crippen LogP contribution in [0.15, 0.2) is 33.7 Å². The zero-order valence-electron chi connectivity index (χ0n) is 15.2. The molecular weight excluding hydrogens is 374 g/mol. The summed E-state index contributed by atoms with van der Waals surface area (Å²) in [4.78, 5) is 23.5. The van der Waals surface area contributed by atoms with E-state index in [0.29, 0.717) is 5.69 Å². The fraction of sp³-hybridized carbons (Fsp3) is 0.353. The van der Waals surface area contributed by atoms with Crippen LogP contribution in [0.3, 0.4) is 0 Å². The second-order valence-corrected chi connectivity index (χ2v) is 7.53. The number of carbonyl (C=O) groups is 2. The summed E-state index contributed by atoms with van der Waals surface area (Å²) in [7, 11) is -3.84. The molecule has 10 heteroatoms. The average Bonchev–Trinajstić information content (AvgIpc) is 2.94. The Hall–Kier alpha value is -2.72. The van der Waals surface area contributed by atoms with E-state index in [-0.39, 0.29) is 29.3 Å². The van der Waals surface area contributed by atoms with E-state index in [0.717, 1.165) is 5.56 Å². The van der Waals surface area contributed by atoms with Gasteiger partial charge in [0, 0.05) is 12.2 Å². The van der Waals surface area contributed by atoms with E-state index in [1.807, 2.05) is 19.1 Å². The van der Waals surface area contributed by atoms with Gasteiger partial charge in [0.15, 0.2) is 12.4 Å². The number of sulfonamides is 1. The van der Waals surface area contributed by atoms with Crippen LogP contribution in [-0.4, -0.2) is 38.6 Å². The summed E-state index contributed by atoms with van der Waals surface area (Å²) < 4.78 is 36.3. The van der Waals surface area contributed by atoms with Gasteiger partial charge in [-0.1, -0.05) is 23.4 Å². The molecule has 1 aromatic heterocycles. The van der Waals surface area contributed by atoms with Crippen molar-refractivity contribution in [1.82, 2.24) is 9.88 Å². The molecule has 0 saturated carbocycles. The Labute approximate surface area is 157 Å². The van der Waals surface area contributed by atoms with Crippen LogP contribution in [0, 0.1) is 20.8 Å². The predicted molar refractivity (Wildman–Crippen MR) is 96.6 cm³/mol. The summed E-state index contributed by atoms with van der Waals surface area (Å²) in [5, 5.41) is 6.22. The highest BCUT2D eigenvalue weighted by molar-refractivity contribution is 7.89. The number of anilines is 1. The standard InChI is InChI=1S/C17H21N3O6S/c1-11-6-4-5-7-14(11)19-15(21)10-25-16(22)8-9-18-27(23,24)17-12(2)20-26-13(17)3/h4-7,18H,8-10H2,1-3H3,(H,19,21). The van der Waals surface area contributed by atoms with Crippen molar-refractivity contribution in [3.8, 4) is 0 Å². The van der Waals surface area contributed by atoms with Gasteiger partial charge in [0.25, 0.3) is 5.91 Å². The first-order chi connectivity index (χ1) is 12.7. The van der Waals surface area contributed by atoms with Crippen LogP contribution in [0.4, 0.5) is 5.69 Å². The summed E-state index contributed by atoms with van der Waals surface area (Å²) in [6.45, 7) is 4.20. The molecule has 0 aliphatic heterocycles. The number of nitrogens with one attached hydrogen (secondary N) is 2. The van der Waals surface area contributed by atoms with Gasteiger partial charge in [-0.15, -0.1) is 0 Å². The number of ether oxygens (including phenoxy) is 1. The number of aryl methyl sites for hydroxylation is 3. The maximum atomic E-state index is 12.2. The molecule has 146 valence electrons. The van der Waals surface area contributed by atoms with Gasteiger partial charge in [-0.05, 0) is 32.4 Å². The number of esters is 1. The number of rotatable bonds is 8. The van der Waals surface area contributed by atoms with Crippen molar-refractivity contribution < 1.29 is 27.3 Å². The minimum Gasteiger partial charge on any atom is -0.456 e. The Morgan fingerprint density at radius 2 is 1.89 bits per heavy atom. The molecule has 1 aromatic carbocycles. The second kappa shape index (κ2) is 8.78. The van der Waals surface area contributed by atoms with Crippen LogP contribution >= 0.6 is 0 Å². The molecule has 27 heavy (non-hydrogen) atoms. The van der Waals surface area contributed by atoms with Gasteiger partial charge in [-0.3, -0.25) is 9.59 Å². The lowest BCUT2D eigenvalue weighted by Gasteiger charge is -2.09. The van der Waals surface area contributed by atoms with Gasteiger partial charge < -0.3 is 14.6 Å². The molecule has 2 N–H and O–H groups in total. The molecule has 2 aromatic rings. The number of aromatic nitrogens is 1. The lowest BCUT2D eigenvalue weighted by Crippen LogP contribution is -2.28. The first-order valence-corrected chi connectivity index (χ1v) is 9.62. The first-order valence-electron chi connectivity index (χ1n) is 8.14.